The summed E-state index contributed by atoms with van der Waals surface area (Å²) in [6, 6.07) is 6.62. The summed E-state index contributed by atoms with van der Waals surface area (Å²) in [5, 5.41) is 16.9. The molecule has 7 nitrogen and oxygen atoms in total. The van der Waals surface area contributed by atoms with Crippen LogP contribution in [-0.4, -0.2) is 38.6 Å². The van der Waals surface area contributed by atoms with Crippen molar-refractivity contribution in [3.63, 3.8) is 0 Å². The number of aromatic carboxylic acids is 1. The molecule has 1 N–H and O–H groups in total. The zero-order valence-corrected chi connectivity index (χ0v) is 13.3. The second-order valence-electron chi connectivity index (χ2n) is 5.47. The Hall–Kier alpha value is -2.70. The zero-order chi connectivity index (χ0) is 17.0. The molecule has 0 bridgehead atoms. The number of hydrogen-bond acceptors (Lipinski definition) is 5. The van der Waals surface area contributed by atoms with Crippen molar-refractivity contribution in [3.05, 3.63) is 41.2 Å². The van der Waals surface area contributed by atoms with Gasteiger partial charge in [-0.25, -0.2) is 14.3 Å². The fourth-order valence-electron chi connectivity index (χ4n) is 2.20. The number of nitrogens with zero attached hydrogens (tertiary/aromatic N) is 3. The Morgan fingerprint density at radius 2 is 1.91 bits per heavy atom. The second kappa shape index (κ2) is 7.04. The Balaban J connectivity index is 2.38. The topological polar surface area (TPSA) is 94.3 Å². The predicted octanol–water partition coefficient (Wildman–Crippen LogP) is 2.34. The van der Waals surface area contributed by atoms with Gasteiger partial charge < -0.3 is 9.84 Å². The number of ether oxygens (including phenoxy) is 1. The summed E-state index contributed by atoms with van der Waals surface area (Å²) in [4.78, 5) is 22.9. The van der Waals surface area contributed by atoms with Gasteiger partial charge >= 0.3 is 11.9 Å². The first-order chi connectivity index (χ1) is 10.9. The number of hydrogen-bond donors (Lipinski definition) is 1. The van der Waals surface area contributed by atoms with Crippen LogP contribution in [0.25, 0.3) is 5.69 Å². The SMILES string of the molecule is CCOC(=O)c1ccc(-n2nnc(C(=O)O)c2CC(C)C)cc1. The van der Waals surface area contributed by atoms with Gasteiger partial charge in [0.25, 0.3) is 0 Å². The van der Waals surface area contributed by atoms with Crippen LogP contribution in [-0.2, 0) is 11.2 Å². The summed E-state index contributed by atoms with van der Waals surface area (Å²) in [5.74, 6) is -1.24. The Morgan fingerprint density at radius 1 is 1.26 bits per heavy atom. The van der Waals surface area contributed by atoms with E-state index in [4.69, 9.17) is 4.74 Å². The van der Waals surface area contributed by atoms with Gasteiger partial charge in [-0.1, -0.05) is 19.1 Å². The molecule has 122 valence electrons. The Morgan fingerprint density at radius 3 is 2.43 bits per heavy atom. The number of esters is 1. The van der Waals surface area contributed by atoms with Gasteiger partial charge in [-0.15, -0.1) is 5.10 Å². The molecular formula is C16H19N3O4. The first kappa shape index (κ1) is 16.7. The number of carboxylic acids is 1. The smallest absolute Gasteiger partial charge is 0.358 e. The van der Waals surface area contributed by atoms with Crippen molar-refractivity contribution in [1.82, 2.24) is 15.0 Å². The van der Waals surface area contributed by atoms with Crippen LogP contribution in [0.2, 0.25) is 0 Å². The number of benzene rings is 1. The van der Waals surface area contributed by atoms with Crippen molar-refractivity contribution in [1.29, 1.82) is 0 Å². The van der Waals surface area contributed by atoms with Crippen LogP contribution < -0.4 is 0 Å². The van der Waals surface area contributed by atoms with Crippen LogP contribution in [0, 0.1) is 5.92 Å². The molecule has 2 rings (SSSR count). The van der Waals surface area contributed by atoms with Crippen molar-refractivity contribution in [2.45, 2.75) is 27.2 Å². The lowest BCUT2D eigenvalue weighted by Crippen LogP contribution is -2.10. The highest BCUT2D eigenvalue weighted by Gasteiger charge is 2.20. The molecule has 1 aromatic carbocycles. The Labute approximate surface area is 133 Å². The lowest BCUT2D eigenvalue weighted by molar-refractivity contribution is 0.0526. The van der Waals surface area contributed by atoms with Gasteiger partial charge in [-0.05, 0) is 43.5 Å². The van der Waals surface area contributed by atoms with E-state index in [1.54, 1.807) is 31.2 Å². The largest absolute Gasteiger partial charge is 0.476 e. The summed E-state index contributed by atoms with van der Waals surface area (Å²) in [6.45, 7) is 6.04. The van der Waals surface area contributed by atoms with E-state index in [0.717, 1.165) is 0 Å². The quantitative estimate of drug-likeness (QED) is 0.822. The van der Waals surface area contributed by atoms with Gasteiger partial charge in [0.1, 0.15) is 0 Å². The number of rotatable bonds is 6. The second-order valence-corrected chi connectivity index (χ2v) is 5.47. The average molecular weight is 317 g/mol. The van der Waals surface area contributed by atoms with Gasteiger partial charge in [0.05, 0.1) is 23.6 Å². The molecule has 0 radical (unpaired) electrons. The molecule has 0 saturated heterocycles. The van der Waals surface area contributed by atoms with Crippen molar-refractivity contribution < 1.29 is 19.4 Å². The van der Waals surface area contributed by atoms with Crippen LogP contribution in [0.3, 0.4) is 0 Å². The molecule has 0 atom stereocenters. The lowest BCUT2D eigenvalue weighted by atomic mass is 10.1. The predicted molar refractivity (Wildman–Crippen MR) is 82.8 cm³/mol. The molecule has 23 heavy (non-hydrogen) atoms. The van der Waals surface area contributed by atoms with E-state index < -0.39 is 11.9 Å². The summed E-state index contributed by atoms with van der Waals surface area (Å²) in [6.07, 6.45) is 0.536. The molecule has 2 aromatic rings. The molecule has 1 aromatic heterocycles. The molecule has 0 aliphatic carbocycles. The van der Waals surface area contributed by atoms with Gasteiger partial charge in [-0.3, -0.25) is 0 Å². The van der Waals surface area contributed by atoms with Gasteiger partial charge in [-0.2, -0.15) is 0 Å². The van der Waals surface area contributed by atoms with Gasteiger partial charge in [0.15, 0.2) is 5.69 Å². The molecule has 0 saturated carbocycles. The van der Waals surface area contributed by atoms with Crippen LogP contribution in [0.5, 0.6) is 0 Å². The van der Waals surface area contributed by atoms with Crippen LogP contribution in [0.15, 0.2) is 24.3 Å². The number of carbonyl (C=O) groups is 2. The highest BCUT2D eigenvalue weighted by Crippen LogP contribution is 2.18. The highest BCUT2D eigenvalue weighted by molar-refractivity contribution is 5.89. The summed E-state index contributed by atoms with van der Waals surface area (Å²) in [5.41, 5.74) is 1.57. The molecular weight excluding hydrogens is 298 g/mol. The van der Waals surface area contributed by atoms with E-state index in [2.05, 4.69) is 10.3 Å². The summed E-state index contributed by atoms with van der Waals surface area (Å²) >= 11 is 0. The van der Waals surface area contributed by atoms with Crippen LogP contribution >= 0.6 is 0 Å². The third-order valence-electron chi connectivity index (χ3n) is 3.19. The molecule has 0 fully saturated rings. The molecule has 0 aliphatic heterocycles. The van der Waals surface area contributed by atoms with Gasteiger partial charge in [0.2, 0.25) is 0 Å². The third-order valence-corrected chi connectivity index (χ3v) is 3.19. The van der Waals surface area contributed by atoms with Crippen LogP contribution in [0.1, 0.15) is 47.3 Å². The van der Waals surface area contributed by atoms with Crippen molar-refractivity contribution in [2.24, 2.45) is 5.92 Å². The fourth-order valence-corrected chi connectivity index (χ4v) is 2.20. The summed E-state index contributed by atoms with van der Waals surface area (Å²) in [7, 11) is 0. The van der Waals surface area contributed by atoms with E-state index in [1.165, 1.54) is 4.68 Å². The van der Waals surface area contributed by atoms with Gasteiger partial charge in [0, 0.05) is 0 Å². The molecule has 0 unspecified atom stereocenters. The van der Waals surface area contributed by atoms with Crippen molar-refractivity contribution >= 4 is 11.9 Å². The maximum absolute atomic E-state index is 11.7. The highest BCUT2D eigenvalue weighted by atomic mass is 16.5. The average Bonchev–Trinajstić information content (AvgIpc) is 2.90. The van der Waals surface area contributed by atoms with E-state index >= 15 is 0 Å². The van der Waals surface area contributed by atoms with E-state index in [0.29, 0.717) is 30.0 Å². The van der Waals surface area contributed by atoms with Crippen molar-refractivity contribution in [3.8, 4) is 5.69 Å². The fraction of sp³-hybridized carbons (Fsp3) is 0.375. The molecule has 0 spiro atoms. The van der Waals surface area contributed by atoms with E-state index in [1.807, 2.05) is 13.8 Å². The first-order valence-electron chi connectivity index (χ1n) is 7.39. The number of aromatic nitrogens is 3. The monoisotopic (exact) mass is 317 g/mol. The zero-order valence-electron chi connectivity index (χ0n) is 13.3. The third kappa shape index (κ3) is 3.74. The minimum atomic E-state index is -1.10. The number of carbonyl (C=O) groups excluding carboxylic acids is 1. The maximum atomic E-state index is 11.7. The molecule has 7 heteroatoms. The number of carboxylic acid groups (broad SMARTS) is 1. The molecule has 0 amide bonds. The van der Waals surface area contributed by atoms with Crippen LogP contribution in [0.4, 0.5) is 0 Å². The minimum absolute atomic E-state index is 0.0480. The standard InChI is InChI=1S/C16H19N3O4/c1-4-23-16(22)11-5-7-12(8-6-11)19-13(9-10(2)3)14(15(20)21)17-18-19/h5-8,10H,4,9H2,1-3H3,(H,20,21). The maximum Gasteiger partial charge on any atom is 0.358 e. The van der Waals surface area contributed by atoms with E-state index in [-0.39, 0.29) is 11.6 Å². The minimum Gasteiger partial charge on any atom is -0.476 e. The van der Waals surface area contributed by atoms with Crippen molar-refractivity contribution in [2.75, 3.05) is 6.61 Å². The lowest BCUT2D eigenvalue weighted by Gasteiger charge is -2.09. The normalized spacial score (nSPS) is 10.8. The van der Waals surface area contributed by atoms with E-state index in [9.17, 15) is 14.7 Å². The molecule has 1 heterocycles. The Bertz CT molecular complexity index is 705. The summed E-state index contributed by atoms with van der Waals surface area (Å²) < 4.78 is 6.43. The molecule has 0 aliphatic rings. The Kier molecular flexibility index (Phi) is 5.10. The first-order valence-corrected chi connectivity index (χ1v) is 7.39.